The summed E-state index contributed by atoms with van der Waals surface area (Å²) in [5.41, 5.74) is 0.928. The van der Waals surface area contributed by atoms with E-state index in [1.807, 2.05) is 6.07 Å². The van der Waals surface area contributed by atoms with Gasteiger partial charge in [-0.15, -0.1) is 0 Å². The topological polar surface area (TPSA) is 79.7 Å². The van der Waals surface area contributed by atoms with Crippen molar-refractivity contribution in [1.29, 1.82) is 0 Å². The average Bonchev–Trinajstić information content (AvgIpc) is 2.63. The number of ether oxygens (including phenoxy) is 3. The quantitative estimate of drug-likeness (QED) is 0.717. The zero-order chi connectivity index (χ0) is 18.4. The maximum Gasteiger partial charge on any atom is 0.331 e. The van der Waals surface area contributed by atoms with Crippen LogP contribution in [0.1, 0.15) is 26.3 Å². The Kier molecular flexibility index (Phi) is 6.16. The molecular formula is C18H22N2O5. The summed E-state index contributed by atoms with van der Waals surface area (Å²) in [6.07, 6.45) is 0.404. The Bertz CT molecular complexity index is 800. The largest absolute Gasteiger partial charge is 0.493 e. The number of methoxy groups -OCH3 is 2. The van der Waals surface area contributed by atoms with Crippen molar-refractivity contribution in [1.82, 2.24) is 9.78 Å². The van der Waals surface area contributed by atoms with Gasteiger partial charge in [-0.1, -0.05) is 6.92 Å². The third-order valence-electron chi connectivity index (χ3n) is 3.74. The molecule has 0 saturated heterocycles. The first kappa shape index (κ1) is 18.5. The zero-order valence-electron chi connectivity index (χ0n) is 14.8. The van der Waals surface area contributed by atoms with Crippen LogP contribution >= 0.6 is 0 Å². The van der Waals surface area contributed by atoms with Crippen LogP contribution in [0.5, 0.6) is 11.5 Å². The Balaban J connectivity index is 2.48. The van der Waals surface area contributed by atoms with E-state index < -0.39 is 12.0 Å². The molecule has 0 aliphatic rings. The van der Waals surface area contributed by atoms with Crippen LogP contribution in [-0.2, 0) is 9.53 Å². The highest BCUT2D eigenvalue weighted by Crippen LogP contribution is 2.31. The van der Waals surface area contributed by atoms with Crippen molar-refractivity contribution in [2.45, 2.75) is 26.3 Å². The van der Waals surface area contributed by atoms with Crippen molar-refractivity contribution >= 4 is 5.97 Å². The Labute approximate surface area is 146 Å². The zero-order valence-corrected chi connectivity index (χ0v) is 14.8. The monoisotopic (exact) mass is 346 g/mol. The first-order valence-electron chi connectivity index (χ1n) is 8.04. The normalized spacial score (nSPS) is 11.7. The molecule has 0 spiro atoms. The van der Waals surface area contributed by atoms with Crippen molar-refractivity contribution in [2.75, 3.05) is 20.8 Å². The minimum Gasteiger partial charge on any atom is -0.493 e. The van der Waals surface area contributed by atoms with Gasteiger partial charge in [-0.05, 0) is 37.6 Å². The first-order chi connectivity index (χ1) is 12.0. The molecule has 1 heterocycles. The van der Waals surface area contributed by atoms with Crippen LogP contribution in [0, 0.1) is 0 Å². The average molecular weight is 346 g/mol. The van der Waals surface area contributed by atoms with Crippen LogP contribution in [-0.4, -0.2) is 36.6 Å². The fraction of sp³-hybridized carbons (Fsp3) is 0.389. The molecule has 2 rings (SSSR count). The second kappa shape index (κ2) is 8.32. The SMILES string of the molecule is CCOC(=O)[C@H](CC)n1nc(-c2ccc(OC)c(OC)c2)ccc1=O. The molecule has 0 N–H and O–H groups in total. The molecule has 1 aromatic heterocycles. The summed E-state index contributed by atoms with van der Waals surface area (Å²) in [7, 11) is 3.10. The van der Waals surface area contributed by atoms with Crippen molar-refractivity contribution in [2.24, 2.45) is 0 Å². The first-order valence-corrected chi connectivity index (χ1v) is 8.04. The standard InChI is InChI=1S/C18H22N2O5/c1-5-14(18(22)25-6-2)20-17(21)10-8-13(19-20)12-7-9-15(23-3)16(11-12)24-4/h7-11,14H,5-6H2,1-4H3/t14-/m0/s1. The number of hydrogen-bond donors (Lipinski definition) is 0. The molecule has 7 heteroatoms. The van der Waals surface area contributed by atoms with Gasteiger partial charge in [-0.25, -0.2) is 9.48 Å². The van der Waals surface area contributed by atoms with Gasteiger partial charge in [0.2, 0.25) is 0 Å². The summed E-state index contributed by atoms with van der Waals surface area (Å²) < 4.78 is 16.7. The van der Waals surface area contributed by atoms with E-state index in [-0.39, 0.29) is 12.2 Å². The lowest BCUT2D eigenvalue weighted by Crippen LogP contribution is -2.32. The van der Waals surface area contributed by atoms with Crippen molar-refractivity contribution < 1.29 is 19.0 Å². The number of hydrogen-bond acceptors (Lipinski definition) is 6. The molecule has 0 saturated carbocycles. The third-order valence-corrected chi connectivity index (χ3v) is 3.74. The lowest BCUT2D eigenvalue weighted by Gasteiger charge is -2.16. The molecule has 7 nitrogen and oxygen atoms in total. The fourth-order valence-corrected chi connectivity index (χ4v) is 2.48. The summed E-state index contributed by atoms with van der Waals surface area (Å²) in [4.78, 5) is 24.3. The predicted octanol–water partition coefficient (Wildman–Crippen LogP) is 2.44. The number of esters is 1. The maximum atomic E-state index is 12.2. The van der Waals surface area contributed by atoms with Gasteiger partial charge in [-0.2, -0.15) is 5.10 Å². The van der Waals surface area contributed by atoms with Gasteiger partial charge in [-0.3, -0.25) is 4.79 Å². The number of rotatable bonds is 7. The van der Waals surface area contributed by atoms with Gasteiger partial charge in [0.05, 0.1) is 26.5 Å². The van der Waals surface area contributed by atoms with Gasteiger partial charge in [0, 0.05) is 11.6 Å². The van der Waals surface area contributed by atoms with Gasteiger partial charge in [0.25, 0.3) is 5.56 Å². The highest BCUT2D eigenvalue weighted by molar-refractivity contribution is 5.74. The Morgan fingerprint density at radius 1 is 1.12 bits per heavy atom. The van der Waals surface area contributed by atoms with E-state index in [1.165, 1.54) is 10.7 Å². The van der Waals surface area contributed by atoms with Crippen molar-refractivity contribution in [3.8, 4) is 22.8 Å². The number of carbonyl (C=O) groups excluding carboxylic acids is 1. The second-order valence-corrected chi connectivity index (χ2v) is 5.25. The fourth-order valence-electron chi connectivity index (χ4n) is 2.48. The van der Waals surface area contributed by atoms with E-state index in [9.17, 15) is 9.59 Å². The van der Waals surface area contributed by atoms with Gasteiger partial charge in [0.1, 0.15) is 0 Å². The molecule has 1 atom stereocenters. The molecule has 0 bridgehead atoms. The molecular weight excluding hydrogens is 324 g/mol. The number of benzene rings is 1. The smallest absolute Gasteiger partial charge is 0.331 e. The molecule has 0 fully saturated rings. The van der Waals surface area contributed by atoms with Crippen LogP contribution < -0.4 is 15.0 Å². The van der Waals surface area contributed by atoms with Crippen LogP contribution in [0.15, 0.2) is 35.1 Å². The molecule has 0 aliphatic carbocycles. The maximum absolute atomic E-state index is 12.2. The van der Waals surface area contributed by atoms with E-state index in [4.69, 9.17) is 14.2 Å². The second-order valence-electron chi connectivity index (χ2n) is 5.25. The van der Waals surface area contributed by atoms with E-state index in [0.717, 1.165) is 5.56 Å². The molecule has 0 radical (unpaired) electrons. The van der Waals surface area contributed by atoms with Crippen molar-refractivity contribution in [3.05, 3.63) is 40.7 Å². The Hall–Kier alpha value is -2.83. The summed E-state index contributed by atoms with van der Waals surface area (Å²) >= 11 is 0. The molecule has 2 aromatic rings. The van der Waals surface area contributed by atoms with Crippen LogP contribution in [0.2, 0.25) is 0 Å². The number of carbonyl (C=O) groups is 1. The van der Waals surface area contributed by atoms with E-state index in [1.54, 1.807) is 46.3 Å². The highest BCUT2D eigenvalue weighted by atomic mass is 16.5. The van der Waals surface area contributed by atoms with Gasteiger partial charge >= 0.3 is 5.97 Å². The third kappa shape index (κ3) is 3.99. The number of aromatic nitrogens is 2. The predicted molar refractivity (Wildman–Crippen MR) is 93.0 cm³/mol. The molecule has 1 aromatic carbocycles. The Morgan fingerprint density at radius 2 is 1.84 bits per heavy atom. The lowest BCUT2D eigenvalue weighted by atomic mass is 10.1. The van der Waals surface area contributed by atoms with Crippen LogP contribution in [0.4, 0.5) is 0 Å². The number of nitrogens with zero attached hydrogens (tertiary/aromatic N) is 2. The molecule has 0 unspecified atom stereocenters. The minimum absolute atomic E-state index is 0.249. The lowest BCUT2D eigenvalue weighted by molar-refractivity contribution is -0.147. The highest BCUT2D eigenvalue weighted by Gasteiger charge is 2.22. The summed E-state index contributed by atoms with van der Waals surface area (Å²) in [6, 6.07) is 7.57. The van der Waals surface area contributed by atoms with Gasteiger partial charge in [0.15, 0.2) is 17.5 Å². The van der Waals surface area contributed by atoms with Crippen LogP contribution in [0.3, 0.4) is 0 Å². The van der Waals surface area contributed by atoms with Crippen molar-refractivity contribution in [3.63, 3.8) is 0 Å². The Morgan fingerprint density at radius 3 is 2.44 bits per heavy atom. The van der Waals surface area contributed by atoms with Crippen LogP contribution in [0.25, 0.3) is 11.3 Å². The van der Waals surface area contributed by atoms with Gasteiger partial charge < -0.3 is 14.2 Å². The molecule has 25 heavy (non-hydrogen) atoms. The summed E-state index contributed by atoms with van der Waals surface area (Å²) in [5.74, 6) is 0.679. The summed E-state index contributed by atoms with van der Waals surface area (Å²) in [6.45, 7) is 3.78. The van der Waals surface area contributed by atoms with E-state index >= 15 is 0 Å². The van der Waals surface area contributed by atoms with E-state index in [0.29, 0.717) is 23.6 Å². The minimum atomic E-state index is -0.757. The summed E-state index contributed by atoms with van der Waals surface area (Å²) in [5, 5.41) is 4.35. The molecule has 134 valence electrons. The molecule has 0 amide bonds. The van der Waals surface area contributed by atoms with E-state index in [2.05, 4.69) is 5.10 Å². The molecule has 0 aliphatic heterocycles.